The molecule has 0 atom stereocenters. The second-order valence-electron chi connectivity index (χ2n) is 7.06. The van der Waals surface area contributed by atoms with E-state index in [4.69, 9.17) is 4.52 Å². The Hall–Kier alpha value is -1.89. The molecule has 1 heterocycles. The van der Waals surface area contributed by atoms with Gasteiger partial charge in [0.15, 0.2) is 11.8 Å². The van der Waals surface area contributed by atoms with Crippen LogP contribution in [0.3, 0.4) is 0 Å². The van der Waals surface area contributed by atoms with Gasteiger partial charge in [-0.1, -0.05) is 53.1 Å². The quantitative estimate of drug-likeness (QED) is 0.531. The average Bonchev–Trinajstić information content (AvgIpc) is 3.26. The van der Waals surface area contributed by atoms with Crippen molar-refractivity contribution in [2.45, 2.75) is 44.4 Å². The molecule has 1 aromatic carbocycles. The Balaban J connectivity index is 1.48. The Morgan fingerprint density at radius 2 is 2.08 bits per heavy atom. The molecule has 0 bridgehead atoms. The van der Waals surface area contributed by atoms with Gasteiger partial charge in [-0.2, -0.15) is 4.98 Å². The summed E-state index contributed by atoms with van der Waals surface area (Å²) >= 11 is 3.68. The first kappa shape index (κ1) is 18.9. The normalized spacial score (nSPS) is 16.0. The Labute approximate surface area is 163 Å². The number of nitrogens with zero attached hydrogens (tertiary/aromatic N) is 3. The summed E-state index contributed by atoms with van der Waals surface area (Å²) in [4.78, 5) is 8.71. The van der Waals surface area contributed by atoms with Crippen LogP contribution in [-0.2, 0) is 11.8 Å². The third-order valence-electron chi connectivity index (χ3n) is 4.75. The van der Waals surface area contributed by atoms with Crippen molar-refractivity contribution in [3.05, 3.63) is 46.0 Å². The van der Waals surface area contributed by atoms with Crippen LogP contribution >= 0.6 is 15.9 Å². The minimum Gasteiger partial charge on any atom is -0.356 e. The van der Waals surface area contributed by atoms with Gasteiger partial charge < -0.3 is 15.2 Å². The number of halogens is 1. The molecule has 140 valence electrons. The molecule has 1 saturated carbocycles. The van der Waals surface area contributed by atoms with Gasteiger partial charge in [0.05, 0.1) is 0 Å². The van der Waals surface area contributed by atoms with Crippen molar-refractivity contribution in [1.29, 1.82) is 0 Å². The minimum atomic E-state index is 0.205. The second-order valence-corrected chi connectivity index (χ2v) is 7.92. The van der Waals surface area contributed by atoms with Gasteiger partial charge in [-0.05, 0) is 24.5 Å². The fourth-order valence-corrected chi connectivity index (χ4v) is 3.65. The summed E-state index contributed by atoms with van der Waals surface area (Å²) in [5.74, 6) is 2.49. The van der Waals surface area contributed by atoms with E-state index in [0.717, 1.165) is 18.3 Å². The maximum absolute atomic E-state index is 5.27. The molecular formula is C19H26BrN5O. The van der Waals surface area contributed by atoms with Gasteiger partial charge in [0.2, 0.25) is 5.89 Å². The van der Waals surface area contributed by atoms with E-state index < -0.39 is 0 Å². The van der Waals surface area contributed by atoms with E-state index in [9.17, 15) is 0 Å². The van der Waals surface area contributed by atoms with Crippen molar-refractivity contribution in [1.82, 2.24) is 20.8 Å². The lowest BCUT2D eigenvalue weighted by Gasteiger charge is -2.20. The van der Waals surface area contributed by atoms with E-state index in [2.05, 4.69) is 79.8 Å². The van der Waals surface area contributed by atoms with Crippen LogP contribution in [0.15, 0.2) is 38.3 Å². The number of nitrogens with one attached hydrogen (secondary N) is 2. The lowest BCUT2D eigenvalue weighted by Crippen LogP contribution is -2.42. The fourth-order valence-electron chi connectivity index (χ4n) is 2.95. The molecule has 0 spiro atoms. The smallest absolute Gasteiger partial charge is 0.228 e. The lowest BCUT2D eigenvalue weighted by molar-refractivity contribution is 0.371. The monoisotopic (exact) mass is 419 g/mol. The number of benzene rings is 1. The van der Waals surface area contributed by atoms with Crippen molar-refractivity contribution >= 4 is 21.9 Å². The summed E-state index contributed by atoms with van der Waals surface area (Å²) in [5, 5.41) is 10.8. The highest BCUT2D eigenvalue weighted by atomic mass is 79.9. The fraction of sp³-hybridized carbons (Fsp3) is 0.526. The van der Waals surface area contributed by atoms with Gasteiger partial charge in [-0.3, -0.25) is 4.99 Å². The lowest BCUT2D eigenvalue weighted by atomic mass is 9.96. The third kappa shape index (κ3) is 4.44. The predicted molar refractivity (Wildman–Crippen MR) is 107 cm³/mol. The van der Waals surface area contributed by atoms with Crippen LogP contribution in [0.2, 0.25) is 0 Å². The Morgan fingerprint density at radius 3 is 2.69 bits per heavy atom. The molecule has 2 N–H and O–H groups in total. The SMILES string of the molecule is CN=C(NCCc1nc(C(C)C)no1)NCC1(c2ccccc2Br)CC1. The first-order chi connectivity index (χ1) is 12.5. The summed E-state index contributed by atoms with van der Waals surface area (Å²) in [5.41, 5.74) is 1.58. The highest BCUT2D eigenvalue weighted by Gasteiger charge is 2.45. The zero-order valence-corrected chi connectivity index (χ0v) is 17.1. The molecule has 6 nitrogen and oxygen atoms in total. The number of aliphatic imine (C=N–C) groups is 1. The summed E-state index contributed by atoms with van der Waals surface area (Å²) in [6, 6.07) is 8.47. The largest absolute Gasteiger partial charge is 0.356 e. The van der Waals surface area contributed by atoms with Crippen LogP contribution in [-0.4, -0.2) is 36.2 Å². The molecule has 0 radical (unpaired) electrons. The zero-order chi connectivity index (χ0) is 18.6. The van der Waals surface area contributed by atoms with Crippen molar-refractivity contribution in [2.24, 2.45) is 4.99 Å². The van der Waals surface area contributed by atoms with E-state index in [-0.39, 0.29) is 11.3 Å². The number of rotatable bonds is 7. The molecule has 0 amide bonds. The van der Waals surface area contributed by atoms with Gasteiger partial charge in [0.25, 0.3) is 0 Å². The van der Waals surface area contributed by atoms with Crippen LogP contribution in [0, 0.1) is 0 Å². The van der Waals surface area contributed by atoms with Crippen molar-refractivity contribution in [3.8, 4) is 0 Å². The molecule has 1 aromatic heterocycles. The van der Waals surface area contributed by atoms with Gasteiger partial charge in [0, 0.05) is 42.4 Å². The molecule has 26 heavy (non-hydrogen) atoms. The van der Waals surface area contributed by atoms with Crippen molar-refractivity contribution in [3.63, 3.8) is 0 Å². The van der Waals surface area contributed by atoms with Crippen LogP contribution in [0.5, 0.6) is 0 Å². The Bertz CT molecular complexity index is 767. The Kier molecular flexibility index (Phi) is 5.96. The van der Waals surface area contributed by atoms with Crippen molar-refractivity contribution in [2.75, 3.05) is 20.1 Å². The second kappa shape index (κ2) is 8.20. The Morgan fingerprint density at radius 1 is 1.31 bits per heavy atom. The molecule has 3 rings (SSSR count). The summed E-state index contributed by atoms with van der Waals surface area (Å²) in [6.45, 7) is 5.67. The predicted octanol–water partition coefficient (Wildman–Crippen LogP) is 3.39. The molecule has 1 aliphatic rings. The molecular weight excluding hydrogens is 394 g/mol. The molecule has 2 aromatic rings. The first-order valence-electron chi connectivity index (χ1n) is 9.06. The van der Waals surface area contributed by atoms with Crippen molar-refractivity contribution < 1.29 is 4.52 Å². The van der Waals surface area contributed by atoms with Gasteiger partial charge in [-0.15, -0.1) is 0 Å². The first-order valence-corrected chi connectivity index (χ1v) is 9.85. The van der Waals surface area contributed by atoms with Crippen LogP contribution in [0.1, 0.15) is 49.9 Å². The molecule has 1 aliphatic carbocycles. The molecule has 0 saturated heterocycles. The van der Waals surface area contributed by atoms with E-state index in [0.29, 0.717) is 18.9 Å². The average molecular weight is 420 g/mol. The number of hydrogen-bond donors (Lipinski definition) is 2. The van der Waals surface area contributed by atoms with Gasteiger partial charge >= 0.3 is 0 Å². The van der Waals surface area contributed by atoms with Gasteiger partial charge in [0.1, 0.15) is 0 Å². The molecule has 1 fully saturated rings. The van der Waals surface area contributed by atoms with Crippen LogP contribution in [0.25, 0.3) is 0 Å². The third-order valence-corrected chi connectivity index (χ3v) is 5.44. The van der Waals surface area contributed by atoms with E-state index >= 15 is 0 Å². The summed E-state index contributed by atoms with van der Waals surface area (Å²) in [7, 11) is 1.79. The highest BCUT2D eigenvalue weighted by molar-refractivity contribution is 9.10. The number of hydrogen-bond acceptors (Lipinski definition) is 4. The van der Waals surface area contributed by atoms with Gasteiger partial charge in [-0.25, -0.2) is 0 Å². The highest BCUT2D eigenvalue weighted by Crippen LogP contribution is 2.49. The maximum atomic E-state index is 5.27. The molecule has 0 unspecified atom stereocenters. The summed E-state index contributed by atoms with van der Waals surface area (Å²) < 4.78 is 6.45. The van der Waals surface area contributed by atoms with Crippen LogP contribution < -0.4 is 10.6 Å². The maximum Gasteiger partial charge on any atom is 0.228 e. The topological polar surface area (TPSA) is 75.3 Å². The number of guanidine groups is 1. The standard InChI is InChI=1S/C19H26BrN5O/c1-13(2)17-24-16(26-25-17)8-11-22-18(21-3)23-12-19(9-10-19)14-6-4-5-7-15(14)20/h4-7,13H,8-12H2,1-3H3,(H2,21,22,23). The molecule has 0 aliphatic heterocycles. The molecule has 7 heteroatoms. The van der Waals surface area contributed by atoms with E-state index in [1.54, 1.807) is 7.05 Å². The number of aromatic nitrogens is 2. The minimum absolute atomic E-state index is 0.205. The van der Waals surface area contributed by atoms with E-state index in [1.807, 2.05) is 0 Å². The zero-order valence-electron chi connectivity index (χ0n) is 15.6. The summed E-state index contributed by atoms with van der Waals surface area (Å²) in [6.07, 6.45) is 3.06. The van der Waals surface area contributed by atoms with Crippen LogP contribution in [0.4, 0.5) is 0 Å². The van der Waals surface area contributed by atoms with E-state index in [1.165, 1.54) is 22.9 Å².